The Morgan fingerprint density at radius 2 is 1.96 bits per heavy atom. The van der Waals surface area contributed by atoms with Crippen LogP contribution < -0.4 is 10.6 Å². The van der Waals surface area contributed by atoms with E-state index < -0.39 is 6.10 Å². The minimum absolute atomic E-state index is 0.216. The van der Waals surface area contributed by atoms with Gasteiger partial charge < -0.3 is 15.7 Å². The standard InChI is InChI=1S/C17H23N3O2S/c1-3-12(4-2)15(21)11-19-17(22)20-14-7-5-13(6-8-14)16-18-9-10-23-16/h5-10,12,15,21H,3-4,11H2,1-2H3,(H2,19,20,22). The van der Waals surface area contributed by atoms with E-state index in [1.807, 2.05) is 43.5 Å². The molecule has 0 bridgehead atoms. The summed E-state index contributed by atoms with van der Waals surface area (Å²) in [4.78, 5) is 16.1. The number of benzene rings is 1. The number of aliphatic hydroxyl groups is 1. The van der Waals surface area contributed by atoms with E-state index in [4.69, 9.17) is 0 Å². The number of nitrogens with zero attached hydrogens (tertiary/aromatic N) is 1. The Kier molecular flexibility index (Phi) is 6.55. The van der Waals surface area contributed by atoms with Crippen molar-refractivity contribution in [2.45, 2.75) is 32.8 Å². The molecule has 23 heavy (non-hydrogen) atoms. The molecule has 2 aromatic rings. The lowest BCUT2D eigenvalue weighted by atomic mass is 9.97. The van der Waals surface area contributed by atoms with Crippen LogP contribution in [0.1, 0.15) is 26.7 Å². The second-order valence-corrected chi connectivity index (χ2v) is 6.29. The molecular formula is C17H23N3O2S. The molecular weight excluding hydrogens is 310 g/mol. The number of aromatic nitrogens is 1. The third-order valence-corrected chi connectivity index (χ3v) is 4.71. The van der Waals surface area contributed by atoms with Crippen LogP contribution in [0.5, 0.6) is 0 Å². The van der Waals surface area contributed by atoms with Crippen molar-refractivity contribution < 1.29 is 9.90 Å². The first-order chi connectivity index (χ1) is 11.1. The van der Waals surface area contributed by atoms with Crippen LogP contribution in [0, 0.1) is 5.92 Å². The summed E-state index contributed by atoms with van der Waals surface area (Å²) in [6.07, 6.45) is 3.06. The quantitative estimate of drug-likeness (QED) is 0.723. The number of hydrogen-bond acceptors (Lipinski definition) is 4. The fourth-order valence-electron chi connectivity index (χ4n) is 2.43. The number of aliphatic hydroxyl groups excluding tert-OH is 1. The molecule has 1 aromatic heterocycles. The minimum atomic E-state index is -0.511. The van der Waals surface area contributed by atoms with Gasteiger partial charge in [0.1, 0.15) is 5.01 Å². The van der Waals surface area contributed by atoms with Crippen LogP contribution >= 0.6 is 11.3 Å². The van der Waals surface area contributed by atoms with Crippen LogP contribution in [0.4, 0.5) is 10.5 Å². The predicted octanol–water partition coefficient (Wildman–Crippen LogP) is 3.73. The highest BCUT2D eigenvalue weighted by Crippen LogP contribution is 2.23. The molecule has 0 saturated carbocycles. The van der Waals surface area contributed by atoms with Crippen LogP contribution in [0.15, 0.2) is 35.8 Å². The molecule has 0 fully saturated rings. The molecule has 2 rings (SSSR count). The summed E-state index contributed by atoms with van der Waals surface area (Å²) in [5.41, 5.74) is 1.73. The Bertz CT molecular complexity index is 595. The van der Waals surface area contributed by atoms with Gasteiger partial charge in [0.25, 0.3) is 0 Å². The lowest BCUT2D eigenvalue weighted by Crippen LogP contribution is -2.38. The maximum atomic E-state index is 11.9. The van der Waals surface area contributed by atoms with Gasteiger partial charge in [-0.1, -0.05) is 26.7 Å². The number of urea groups is 1. The normalized spacial score (nSPS) is 12.2. The monoisotopic (exact) mass is 333 g/mol. The van der Waals surface area contributed by atoms with E-state index >= 15 is 0 Å². The third-order valence-electron chi connectivity index (χ3n) is 3.89. The smallest absolute Gasteiger partial charge is 0.319 e. The lowest BCUT2D eigenvalue weighted by Gasteiger charge is -2.20. The SMILES string of the molecule is CCC(CC)C(O)CNC(=O)Nc1ccc(-c2nccs2)cc1. The molecule has 2 amide bonds. The lowest BCUT2D eigenvalue weighted by molar-refractivity contribution is 0.104. The Morgan fingerprint density at radius 1 is 1.26 bits per heavy atom. The van der Waals surface area contributed by atoms with E-state index in [2.05, 4.69) is 15.6 Å². The summed E-state index contributed by atoms with van der Waals surface area (Å²) in [5, 5.41) is 18.4. The highest BCUT2D eigenvalue weighted by atomic mass is 32.1. The molecule has 1 heterocycles. The first-order valence-electron chi connectivity index (χ1n) is 7.86. The van der Waals surface area contributed by atoms with Gasteiger partial charge in [-0.25, -0.2) is 9.78 Å². The highest BCUT2D eigenvalue weighted by Gasteiger charge is 2.16. The second kappa shape index (κ2) is 8.64. The summed E-state index contributed by atoms with van der Waals surface area (Å²) >= 11 is 1.58. The largest absolute Gasteiger partial charge is 0.391 e. The molecule has 0 aliphatic carbocycles. The van der Waals surface area contributed by atoms with Crippen molar-refractivity contribution in [2.75, 3.05) is 11.9 Å². The summed E-state index contributed by atoms with van der Waals surface area (Å²) in [5.74, 6) is 0.216. The Hall–Kier alpha value is -1.92. The van der Waals surface area contributed by atoms with Crippen LogP contribution in [-0.4, -0.2) is 28.8 Å². The van der Waals surface area contributed by atoms with Gasteiger partial charge in [-0.3, -0.25) is 0 Å². The molecule has 0 aliphatic heterocycles. The zero-order valence-corrected chi connectivity index (χ0v) is 14.3. The van der Waals surface area contributed by atoms with Crippen molar-refractivity contribution in [1.29, 1.82) is 0 Å². The van der Waals surface area contributed by atoms with Gasteiger partial charge in [0.05, 0.1) is 6.10 Å². The predicted molar refractivity (Wildman–Crippen MR) is 94.7 cm³/mol. The van der Waals surface area contributed by atoms with E-state index in [9.17, 15) is 9.90 Å². The van der Waals surface area contributed by atoms with E-state index in [0.717, 1.165) is 23.4 Å². The highest BCUT2D eigenvalue weighted by molar-refractivity contribution is 7.13. The average Bonchev–Trinajstić information content (AvgIpc) is 3.09. The summed E-state index contributed by atoms with van der Waals surface area (Å²) in [6.45, 7) is 4.35. The molecule has 5 nitrogen and oxygen atoms in total. The minimum Gasteiger partial charge on any atom is -0.391 e. The van der Waals surface area contributed by atoms with Crippen molar-refractivity contribution >= 4 is 23.1 Å². The van der Waals surface area contributed by atoms with Gasteiger partial charge in [0.15, 0.2) is 0 Å². The molecule has 0 radical (unpaired) electrons. The molecule has 3 N–H and O–H groups in total. The second-order valence-electron chi connectivity index (χ2n) is 5.39. The maximum absolute atomic E-state index is 11.9. The first-order valence-corrected chi connectivity index (χ1v) is 8.74. The summed E-state index contributed by atoms with van der Waals surface area (Å²) < 4.78 is 0. The molecule has 0 aliphatic rings. The van der Waals surface area contributed by atoms with Gasteiger partial charge in [0.2, 0.25) is 0 Å². The number of hydrogen-bond donors (Lipinski definition) is 3. The number of thiazole rings is 1. The Labute approximate surface area is 140 Å². The van der Waals surface area contributed by atoms with E-state index in [1.165, 1.54) is 0 Å². The van der Waals surface area contributed by atoms with Gasteiger partial charge in [-0.15, -0.1) is 11.3 Å². The van der Waals surface area contributed by atoms with Crippen LogP contribution in [0.3, 0.4) is 0 Å². The topological polar surface area (TPSA) is 74.2 Å². The van der Waals surface area contributed by atoms with E-state index in [1.54, 1.807) is 17.5 Å². The van der Waals surface area contributed by atoms with Gasteiger partial charge in [-0.05, 0) is 30.2 Å². The van der Waals surface area contributed by atoms with Gasteiger partial charge >= 0.3 is 6.03 Å². The zero-order chi connectivity index (χ0) is 16.7. The number of rotatable bonds is 7. The molecule has 1 aromatic carbocycles. The maximum Gasteiger partial charge on any atom is 0.319 e. The van der Waals surface area contributed by atoms with E-state index in [-0.39, 0.29) is 18.5 Å². The molecule has 1 unspecified atom stereocenters. The Morgan fingerprint density at radius 3 is 2.52 bits per heavy atom. The molecule has 0 saturated heterocycles. The number of carbonyl (C=O) groups excluding carboxylic acids is 1. The van der Waals surface area contributed by atoms with Gasteiger partial charge in [-0.2, -0.15) is 0 Å². The van der Waals surface area contributed by atoms with Crippen molar-refractivity contribution in [1.82, 2.24) is 10.3 Å². The molecule has 6 heteroatoms. The average molecular weight is 333 g/mol. The van der Waals surface area contributed by atoms with Crippen molar-refractivity contribution in [3.8, 4) is 10.6 Å². The fourth-order valence-corrected chi connectivity index (χ4v) is 3.08. The van der Waals surface area contributed by atoms with Crippen LogP contribution in [-0.2, 0) is 0 Å². The fraction of sp³-hybridized carbons (Fsp3) is 0.412. The van der Waals surface area contributed by atoms with Gasteiger partial charge in [0, 0.05) is 29.4 Å². The van der Waals surface area contributed by atoms with Crippen molar-refractivity contribution in [2.24, 2.45) is 5.92 Å². The summed E-state index contributed by atoms with van der Waals surface area (Å²) in [6, 6.07) is 7.22. The number of carbonyl (C=O) groups is 1. The number of nitrogens with one attached hydrogen (secondary N) is 2. The van der Waals surface area contributed by atoms with E-state index in [0.29, 0.717) is 5.69 Å². The van der Waals surface area contributed by atoms with Crippen LogP contribution in [0.2, 0.25) is 0 Å². The number of amides is 2. The third kappa shape index (κ3) is 5.04. The molecule has 1 atom stereocenters. The summed E-state index contributed by atoms with van der Waals surface area (Å²) in [7, 11) is 0. The Balaban J connectivity index is 1.83. The molecule has 124 valence electrons. The van der Waals surface area contributed by atoms with Crippen molar-refractivity contribution in [3.05, 3.63) is 35.8 Å². The zero-order valence-electron chi connectivity index (χ0n) is 13.5. The molecule has 0 spiro atoms. The van der Waals surface area contributed by atoms with Crippen LogP contribution in [0.25, 0.3) is 10.6 Å². The first kappa shape index (κ1) is 17.4. The van der Waals surface area contributed by atoms with Crippen molar-refractivity contribution in [3.63, 3.8) is 0 Å². The number of anilines is 1.